The van der Waals surface area contributed by atoms with Crippen LogP contribution in [0.1, 0.15) is 19.8 Å². The van der Waals surface area contributed by atoms with Gasteiger partial charge in [-0.3, -0.25) is 0 Å². The second kappa shape index (κ2) is 5.06. The summed E-state index contributed by atoms with van der Waals surface area (Å²) in [5.41, 5.74) is 6.26. The van der Waals surface area contributed by atoms with E-state index in [1.165, 1.54) is 6.33 Å². The SMILES string of the molecule is CC1CC(Nc2ncnc(Cl)c2N)CCN1C. The number of halogens is 1. The summed E-state index contributed by atoms with van der Waals surface area (Å²) in [6.45, 7) is 3.31. The van der Waals surface area contributed by atoms with E-state index < -0.39 is 0 Å². The summed E-state index contributed by atoms with van der Waals surface area (Å²) in [5, 5.41) is 3.66. The second-order valence-corrected chi connectivity index (χ2v) is 4.98. The number of nitrogens with two attached hydrogens (primary N) is 1. The maximum absolute atomic E-state index is 5.86. The lowest BCUT2D eigenvalue weighted by molar-refractivity contribution is 0.190. The van der Waals surface area contributed by atoms with E-state index in [-0.39, 0.29) is 0 Å². The second-order valence-electron chi connectivity index (χ2n) is 4.62. The molecule has 1 aliphatic heterocycles. The predicted octanol–water partition coefficient (Wildman–Crippen LogP) is 1.61. The quantitative estimate of drug-likeness (QED) is 0.786. The molecule has 0 spiro atoms. The van der Waals surface area contributed by atoms with E-state index in [1.54, 1.807) is 0 Å². The number of hydrogen-bond donors (Lipinski definition) is 2. The van der Waals surface area contributed by atoms with Crippen LogP contribution in [-0.4, -0.2) is 40.5 Å². The van der Waals surface area contributed by atoms with Crippen LogP contribution < -0.4 is 11.1 Å². The van der Waals surface area contributed by atoms with Crippen LogP contribution >= 0.6 is 11.6 Å². The van der Waals surface area contributed by atoms with Crippen LogP contribution in [0.4, 0.5) is 11.5 Å². The van der Waals surface area contributed by atoms with Crippen molar-refractivity contribution in [3.8, 4) is 0 Å². The van der Waals surface area contributed by atoms with Gasteiger partial charge in [-0.15, -0.1) is 0 Å². The highest BCUT2D eigenvalue weighted by Crippen LogP contribution is 2.25. The lowest BCUT2D eigenvalue weighted by Crippen LogP contribution is -2.42. The normalized spacial score (nSPS) is 25.8. The average Bonchev–Trinajstić information content (AvgIpc) is 2.30. The first-order valence-electron chi connectivity index (χ1n) is 5.80. The number of aromatic nitrogens is 2. The lowest BCUT2D eigenvalue weighted by Gasteiger charge is -2.35. The molecule has 0 aromatic carbocycles. The highest BCUT2D eigenvalue weighted by atomic mass is 35.5. The monoisotopic (exact) mass is 255 g/mol. The zero-order chi connectivity index (χ0) is 12.4. The molecule has 0 aliphatic carbocycles. The molecule has 1 fully saturated rings. The van der Waals surface area contributed by atoms with Crippen molar-refractivity contribution in [2.75, 3.05) is 24.6 Å². The predicted molar refractivity (Wildman–Crippen MR) is 70.2 cm³/mol. The fraction of sp³-hybridized carbons (Fsp3) is 0.636. The minimum absolute atomic E-state index is 0.309. The Hall–Kier alpha value is -1.07. The number of anilines is 2. The largest absolute Gasteiger partial charge is 0.393 e. The summed E-state index contributed by atoms with van der Waals surface area (Å²) < 4.78 is 0. The van der Waals surface area contributed by atoms with Crippen molar-refractivity contribution in [2.24, 2.45) is 0 Å². The van der Waals surface area contributed by atoms with Crippen LogP contribution in [0.15, 0.2) is 6.33 Å². The minimum Gasteiger partial charge on any atom is -0.393 e. The molecule has 94 valence electrons. The van der Waals surface area contributed by atoms with Crippen LogP contribution in [-0.2, 0) is 0 Å². The van der Waals surface area contributed by atoms with Gasteiger partial charge in [0.05, 0.1) is 0 Å². The maximum atomic E-state index is 5.86. The standard InChI is InChI=1S/C11H18ClN5/c1-7-5-8(3-4-17(7)2)16-11-9(13)10(12)14-6-15-11/h6-8H,3-5,13H2,1-2H3,(H,14,15,16). The molecule has 1 saturated heterocycles. The van der Waals surface area contributed by atoms with Gasteiger partial charge >= 0.3 is 0 Å². The third-order valence-corrected chi connectivity index (χ3v) is 3.69. The van der Waals surface area contributed by atoms with Crippen LogP contribution in [0.3, 0.4) is 0 Å². The molecule has 1 aliphatic rings. The summed E-state index contributed by atoms with van der Waals surface area (Å²) in [7, 11) is 2.15. The van der Waals surface area contributed by atoms with Gasteiger partial charge in [0.25, 0.3) is 0 Å². The first-order chi connectivity index (χ1) is 8.08. The van der Waals surface area contributed by atoms with Crippen molar-refractivity contribution >= 4 is 23.1 Å². The van der Waals surface area contributed by atoms with Gasteiger partial charge in [-0.2, -0.15) is 0 Å². The maximum Gasteiger partial charge on any atom is 0.157 e. The number of hydrogen-bond acceptors (Lipinski definition) is 5. The number of nitrogens with one attached hydrogen (secondary N) is 1. The molecule has 0 amide bonds. The Morgan fingerprint density at radius 3 is 3.00 bits per heavy atom. The number of likely N-dealkylation sites (tertiary alicyclic amines) is 1. The smallest absolute Gasteiger partial charge is 0.157 e. The Kier molecular flexibility index (Phi) is 3.69. The highest BCUT2D eigenvalue weighted by molar-refractivity contribution is 6.32. The fourth-order valence-corrected chi connectivity index (χ4v) is 2.24. The number of nitrogen functional groups attached to an aromatic ring is 1. The molecule has 2 rings (SSSR count). The number of rotatable bonds is 2. The van der Waals surface area contributed by atoms with Gasteiger partial charge in [-0.1, -0.05) is 11.6 Å². The topological polar surface area (TPSA) is 67.1 Å². The molecule has 0 bridgehead atoms. The molecule has 17 heavy (non-hydrogen) atoms. The zero-order valence-electron chi connectivity index (χ0n) is 10.2. The molecule has 1 aromatic rings. The van der Waals surface area contributed by atoms with E-state index in [0.29, 0.717) is 28.7 Å². The minimum atomic E-state index is 0.309. The Bertz CT molecular complexity index is 397. The number of piperidine rings is 1. The molecule has 1 aromatic heterocycles. The summed E-state index contributed by atoms with van der Waals surface area (Å²) in [5.74, 6) is 0.645. The van der Waals surface area contributed by atoms with Gasteiger partial charge in [0.2, 0.25) is 0 Å². The molecule has 2 atom stereocenters. The summed E-state index contributed by atoms with van der Waals surface area (Å²) >= 11 is 5.86. The van der Waals surface area contributed by atoms with Crippen molar-refractivity contribution in [3.63, 3.8) is 0 Å². The van der Waals surface area contributed by atoms with Crippen LogP contribution in [0, 0.1) is 0 Å². The lowest BCUT2D eigenvalue weighted by atomic mass is 9.99. The molecule has 0 radical (unpaired) electrons. The molecule has 2 unspecified atom stereocenters. The Balaban J connectivity index is 2.04. The van der Waals surface area contributed by atoms with Gasteiger partial charge in [0, 0.05) is 18.6 Å². The third-order valence-electron chi connectivity index (χ3n) is 3.38. The molecule has 2 heterocycles. The van der Waals surface area contributed by atoms with Gasteiger partial charge in [0.15, 0.2) is 11.0 Å². The molecular formula is C11H18ClN5. The van der Waals surface area contributed by atoms with E-state index in [2.05, 4.69) is 34.2 Å². The van der Waals surface area contributed by atoms with Gasteiger partial charge in [-0.05, 0) is 26.8 Å². The summed E-state index contributed by atoms with van der Waals surface area (Å²) in [4.78, 5) is 10.3. The first kappa shape index (κ1) is 12.4. The van der Waals surface area contributed by atoms with Crippen LogP contribution in [0.2, 0.25) is 5.15 Å². The van der Waals surface area contributed by atoms with Gasteiger partial charge < -0.3 is 16.0 Å². The first-order valence-corrected chi connectivity index (χ1v) is 6.18. The third kappa shape index (κ3) is 2.79. The molecule has 3 N–H and O–H groups in total. The Morgan fingerprint density at radius 2 is 2.29 bits per heavy atom. The summed E-state index contributed by atoms with van der Waals surface area (Å²) in [6, 6.07) is 0.967. The van der Waals surface area contributed by atoms with Gasteiger partial charge in [-0.25, -0.2) is 9.97 Å². The van der Waals surface area contributed by atoms with E-state index >= 15 is 0 Å². The van der Waals surface area contributed by atoms with Crippen molar-refractivity contribution in [1.82, 2.24) is 14.9 Å². The molecular weight excluding hydrogens is 238 g/mol. The van der Waals surface area contributed by atoms with Crippen molar-refractivity contribution < 1.29 is 0 Å². The van der Waals surface area contributed by atoms with Crippen molar-refractivity contribution in [3.05, 3.63) is 11.5 Å². The van der Waals surface area contributed by atoms with E-state index in [4.69, 9.17) is 17.3 Å². The van der Waals surface area contributed by atoms with E-state index in [0.717, 1.165) is 19.4 Å². The van der Waals surface area contributed by atoms with Gasteiger partial charge in [0.1, 0.15) is 12.0 Å². The molecule has 0 saturated carbocycles. The molecule has 5 nitrogen and oxygen atoms in total. The average molecular weight is 256 g/mol. The fourth-order valence-electron chi connectivity index (χ4n) is 2.10. The van der Waals surface area contributed by atoms with Crippen molar-refractivity contribution in [1.29, 1.82) is 0 Å². The van der Waals surface area contributed by atoms with Crippen LogP contribution in [0.5, 0.6) is 0 Å². The highest BCUT2D eigenvalue weighted by Gasteiger charge is 2.23. The zero-order valence-corrected chi connectivity index (χ0v) is 10.9. The Morgan fingerprint density at radius 1 is 1.53 bits per heavy atom. The van der Waals surface area contributed by atoms with Crippen molar-refractivity contribution in [2.45, 2.75) is 31.8 Å². The van der Waals surface area contributed by atoms with E-state index in [9.17, 15) is 0 Å². The van der Waals surface area contributed by atoms with E-state index in [1.807, 2.05) is 0 Å². The molecule has 6 heteroatoms. The van der Waals surface area contributed by atoms with Crippen LogP contribution in [0.25, 0.3) is 0 Å². The Labute approximate surface area is 106 Å². The summed E-state index contributed by atoms with van der Waals surface area (Å²) in [6.07, 6.45) is 3.60. The number of nitrogens with zero attached hydrogens (tertiary/aromatic N) is 3.